The Hall–Kier alpha value is -2.28. The van der Waals surface area contributed by atoms with E-state index in [0.717, 1.165) is 5.56 Å². The van der Waals surface area contributed by atoms with Gasteiger partial charge in [0, 0.05) is 17.0 Å². The highest BCUT2D eigenvalue weighted by molar-refractivity contribution is 7.99. The summed E-state index contributed by atoms with van der Waals surface area (Å²) in [5.74, 6) is -1.35. The van der Waals surface area contributed by atoms with Gasteiger partial charge in [0.2, 0.25) is 5.91 Å². The largest absolute Gasteiger partial charge is 0.493 e. The Bertz CT molecular complexity index is 708. The number of thioether (sulfide) groups is 1. The Morgan fingerprint density at radius 2 is 1.76 bits per heavy atom. The number of alkyl halides is 2. The molecule has 2 aromatic carbocycles. The van der Waals surface area contributed by atoms with Crippen LogP contribution < -0.4 is 14.8 Å². The molecule has 4 nitrogen and oxygen atoms in total. The van der Waals surface area contributed by atoms with Gasteiger partial charge in [0.05, 0.1) is 14.2 Å². The van der Waals surface area contributed by atoms with E-state index in [-0.39, 0.29) is 5.91 Å². The van der Waals surface area contributed by atoms with Crippen LogP contribution in [-0.2, 0) is 11.2 Å². The minimum absolute atomic E-state index is 0.149. The molecule has 0 spiro atoms. The first-order valence-corrected chi connectivity index (χ1v) is 8.45. The van der Waals surface area contributed by atoms with Crippen molar-refractivity contribution < 1.29 is 23.0 Å². The van der Waals surface area contributed by atoms with Gasteiger partial charge in [-0.05, 0) is 48.4 Å². The van der Waals surface area contributed by atoms with Crippen LogP contribution in [0.5, 0.6) is 11.5 Å². The highest BCUT2D eigenvalue weighted by Gasteiger charge is 2.08. The van der Waals surface area contributed by atoms with Crippen LogP contribution in [0.3, 0.4) is 0 Å². The maximum atomic E-state index is 12.3. The number of aryl methyl sites for hydroxylation is 1. The first-order chi connectivity index (χ1) is 12.0. The van der Waals surface area contributed by atoms with Crippen LogP contribution in [0.4, 0.5) is 14.5 Å². The molecule has 0 aliphatic rings. The minimum Gasteiger partial charge on any atom is -0.493 e. The number of carbonyl (C=O) groups excluding carboxylic acids is 1. The number of amides is 1. The normalized spacial score (nSPS) is 10.6. The van der Waals surface area contributed by atoms with Crippen LogP contribution in [0.2, 0.25) is 0 Å². The molecule has 0 saturated carbocycles. The van der Waals surface area contributed by atoms with Crippen LogP contribution in [-0.4, -0.2) is 25.9 Å². The third-order valence-electron chi connectivity index (χ3n) is 3.45. The van der Waals surface area contributed by atoms with Gasteiger partial charge in [-0.3, -0.25) is 4.79 Å². The van der Waals surface area contributed by atoms with Crippen molar-refractivity contribution >= 4 is 23.4 Å². The molecule has 0 aliphatic heterocycles. The molecule has 0 unspecified atom stereocenters. The predicted octanol–water partition coefficient (Wildman–Crippen LogP) is 4.59. The van der Waals surface area contributed by atoms with E-state index in [1.54, 1.807) is 44.6 Å². The second-order valence-corrected chi connectivity index (χ2v) is 6.20. The topological polar surface area (TPSA) is 47.6 Å². The number of anilines is 1. The van der Waals surface area contributed by atoms with E-state index in [0.29, 0.717) is 46.7 Å². The van der Waals surface area contributed by atoms with E-state index in [1.165, 1.54) is 0 Å². The molecule has 134 valence electrons. The van der Waals surface area contributed by atoms with Gasteiger partial charge in [0.1, 0.15) is 0 Å². The smallest absolute Gasteiger partial charge is 0.288 e. The molecular weight excluding hydrogens is 348 g/mol. The van der Waals surface area contributed by atoms with Crippen LogP contribution >= 0.6 is 11.8 Å². The molecule has 0 atom stereocenters. The molecule has 2 rings (SSSR count). The highest BCUT2D eigenvalue weighted by atomic mass is 32.2. The summed E-state index contributed by atoms with van der Waals surface area (Å²) < 4.78 is 35.0. The lowest BCUT2D eigenvalue weighted by Gasteiger charge is -2.10. The zero-order valence-corrected chi connectivity index (χ0v) is 14.7. The third-order valence-corrected chi connectivity index (χ3v) is 4.17. The molecule has 0 aromatic heterocycles. The molecule has 0 saturated heterocycles. The van der Waals surface area contributed by atoms with Gasteiger partial charge in [-0.2, -0.15) is 8.78 Å². The highest BCUT2D eigenvalue weighted by Crippen LogP contribution is 2.28. The number of nitrogens with one attached hydrogen (secondary N) is 1. The lowest BCUT2D eigenvalue weighted by atomic mass is 10.1. The van der Waals surface area contributed by atoms with Crippen molar-refractivity contribution in [1.29, 1.82) is 0 Å². The summed E-state index contributed by atoms with van der Waals surface area (Å²) in [6, 6.07) is 11.8. The Morgan fingerprint density at radius 1 is 1.08 bits per heavy atom. The Labute approximate surface area is 149 Å². The number of rotatable bonds is 8. The summed E-state index contributed by atoms with van der Waals surface area (Å²) in [4.78, 5) is 12.5. The van der Waals surface area contributed by atoms with Gasteiger partial charge in [-0.15, -0.1) is 0 Å². The Morgan fingerprint density at radius 3 is 2.36 bits per heavy atom. The molecular formula is C18H19F2NO3S. The van der Waals surface area contributed by atoms with Crippen LogP contribution in [0.25, 0.3) is 0 Å². The molecule has 1 amide bonds. The number of hydrogen-bond donors (Lipinski definition) is 1. The fourth-order valence-electron chi connectivity index (χ4n) is 2.24. The van der Waals surface area contributed by atoms with Crippen molar-refractivity contribution in [2.45, 2.75) is 23.5 Å². The first-order valence-electron chi connectivity index (χ1n) is 7.57. The molecule has 0 aliphatic carbocycles. The Kier molecular flexibility index (Phi) is 7.06. The molecule has 0 radical (unpaired) electrons. The molecule has 0 heterocycles. The number of halogens is 2. The number of carbonyl (C=O) groups is 1. The van der Waals surface area contributed by atoms with E-state index < -0.39 is 5.76 Å². The number of hydrogen-bond acceptors (Lipinski definition) is 4. The Balaban J connectivity index is 1.88. The minimum atomic E-state index is -2.46. The SMILES string of the molecule is COc1ccc(CCC(=O)Nc2ccc(SC(F)F)cc2)cc1OC. The molecule has 1 N–H and O–H groups in total. The van der Waals surface area contributed by atoms with Gasteiger partial charge in [-0.25, -0.2) is 0 Å². The summed E-state index contributed by atoms with van der Waals surface area (Å²) >= 11 is 0.472. The quantitative estimate of drug-likeness (QED) is 0.693. The predicted molar refractivity (Wildman–Crippen MR) is 94.8 cm³/mol. The van der Waals surface area contributed by atoms with E-state index in [9.17, 15) is 13.6 Å². The van der Waals surface area contributed by atoms with Gasteiger partial charge in [-0.1, -0.05) is 17.8 Å². The fraction of sp³-hybridized carbons (Fsp3) is 0.278. The lowest BCUT2D eigenvalue weighted by molar-refractivity contribution is -0.116. The third kappa shape index (κ3) is 5.94. The maximum absolute atomic E-state index is 12.3. The first kappa shape index (κ1) is 19.1. The monoisotopic (exact) mass is 367 g/mol. The van der Waals surface area contributed by atoms with Crippen LogP contribution in [0.1, 0.15) is 12.0 Å². The number of benzene rings is 2. The zero-order chi connectivity index (χ0) is 18.2. The van der Waals surface area contributed by atoms with Crippen LogP contribution in [0, 0.1) is 0 Å². The van der Waals surface area contributed by atoms with E-state index in [2.05, 4.69) is 5.32 Å². The van der Waals surface area contributed by atoms with E-state index in [4.69, 9.17) is 9.47 Å². The van der Waals surface area contributed by atoms with Crippen molar-refractivity contribution in [2.75, 3.05) is 19.5 Å². The molecule has 0 bridgehead atoms. The second-order valence-electron chi connectivity index (χ2n) is 5.14. The second kappa shape index (κ2) is 9.27. The molecule has 7 heteroatoms. The fourth-order valence-corrected chi connectivity index (χ4v) is 2.74. The van der Waals surface area contributed by atoms with Gasteiger partial charge in [0.15, 0.2) is 11.5 Å². The van der Waals surface area contributed by atoms with E-state index >= 15 is 0 Å². The van der Waals surface area contributed by atoms with Gasteiger partial charge in [0.25, 0.3) is 5.76 Å². The standard InChI is InChI=1S/C18H19F2NO3S/c1-23-15-9-3-12(11-16(15)24-2)4-10-17(22)21-13-5-7-14(8-6-13)25-18(19)20/h3,5-9,11,18H,4,10H2,1-2H3,(H,21,22). The average molecular weight is 367 g/mol. The van der Waals surface area contributed by atoms with E-state index in [1.807, 2.05) is 12.1 Å². The molecule has 2 aromatic rings. The summed E-state index contributed by atoms with van der Waals surface area (Å²) in [5.41, 5.74) is 1.53. The van der Waals surface area contributed by atoms with Crippen molar-refractivity contribution in [3.8, 4) is 11.5 Å². The van der Waals surface area contributed by atoms with Crippen molar-refractivity contribution in [3.05, 3.63) is 48.0 Å². The van der Waals surface area contributed by atoms with Crippen molar-refractivity contribution in [1.82, 2.24) is 0 Å². The van der Waals surface area contributed by atoms with Crippen molar-refractivity contribution in [3.63, 3.8) is 0 Å². The lowest BCUT2D eigenvalue weighted by Crippen LogP contribution is -2.12. The summed E-state index contributed by atoms with van der Waals surface area (Å²) in [6.45, 7) is 0. The zero-order valence-electron chi connectivity index (χ0n) is 13.9. The molecule has 25 heavy (non-hydrogen) atoms. The average Bonchev–Trinajstić information content (AvgIpc) is 2.61. The summed E-state index contributed by atoms with van der Waals surface area (Å²) in [6.07, 6.45) is 0.842. The van der Waals surface area contributed by atoms with Crippen LogP contribution in [0.15, 0.2) is 47.4 Å². The number of ether oxygens (including phenoxy) is 2. The maximum Gasteiger partial charge on any atom is 0.288 e. The summed E-state index contributed by atoms with van der Waals surface area (Å²) in [7, 11) is 3.13. The number of methoxy groups -OCH3 is 2. The van der Waals surface area contributed by atoms with Gasteiger partial charge < -0.3 is 14.8 Å². The molecule has 0 fully saturated rings. The van der Waals surface area contributed by atoms with Crippen molar-refractivity contribution in [2.24, 2.45) is 0 Å². The van der Waals surface area contributed by atoms with Gasteiger partial charge >= 0.3 is 0 Å². The summed E-state index contributed by atoms with van der Waals surface area (Å²) in [5, 5.41) is 2.75.